The largest absolute Gasteiger partial charge is 0.336 e. The van der Waals surface area contributed by atoms with Crippen molar-refractivity contribution in [1.82, 2.24) is 15.1 Å². The first-order chi connectivity index (χ1) is 14.3. The zero-order valence-electron chi connectivity index (χ0n) is 17.1. The lowest BCUT2D eigenvalue weighted by Crippen LogP contribution is -2.59. The van der Waals surface area contributed by atoms with E-state index in [0.717, 1.165) is 16.7 Å². The Bertz CT molecular complexity index is 1040. The van der Waals surface area contributed by atoms with Gasteiger partial charge in [0.05, 0.1) is 23.7 Å². The number of likely N-dealkylation sites (tertiary alicyclic amines) is 1. The van der Waals surface area contributed by atoms with Gasteiger partial charge in [-0.3, -0.25) is 14.5 Å². The maximum absolute atomic E-state index is 13.3. The number of imide groups is 1. The second-order valence-corrected chi connectivity index (χ2v) is 8.55. The van der Waals surface area contributed by atoms with Crippen molar-refractivity contribution in [3.8, 4) is 0 Å². The number of hydrogen-bond acceptors (Lipinski definition) is 3. The molecule has 1 spiro atoms. The lowest BCUT2D eigenvalue weighted by Gasteiger charge is -2.38. The highest BCUT2D eigenvalue weighted by Gasteiger charge is 2.53. The number of carbonyl (C=O) groups excluding carboxylic acids is 3. The summed E-state index contributed by atoms with van der Waals surface area (Å²) in [6, 6.07) is 12.4. The number of halogens is 1. The lowest BCUT2D eigenvalue weighted by molar-refractivity contribution is -0.133. The number of rotatable bonds is 3. The maximum Gasteiger partial charge on any atom is 0.325 e. The van der Waals surface area contributed by atoms with Crippen LogP contribution in [0.3, 0.4) is 0 Å². The Hall–Kier alpha value is -2.86. The summed E-state index contributed by atoms with van der Waals surface area (Å²) in [6.45, 7) is 4.83. The van der Waals surface area contributed by atoms with Crippen molar-refractivity contribution in [2.24, 2.45) is 0 Å². The van der Waals surface area contributed by atoms with Crippen molar-refractivity contribution in [1.29, 1.82) is 0 Å². The first kappa shape index (κ1) is 20.4. The molecule has 30 heavy (non-hydrogen) atoms. The quantitative estimate of drug-likeness (QED) is 0.762. The molecule has 0 saturated carbocycles. The fourth-order valence-corrected chi connectivity index (χ4v) is 4.49. The van der Waals surface area contributed by atoms with E-state index in [1.807, 2.05) is 32.0 Å². The minimum atomic E-state index is -1.08. The van der Waals surface area contributed by atoms with Crippen LogP contribution in [-0.2, 0) is 11.3 Å². The molecule has 2 saturated heterocycles. The molecule has 2 heterocycles. The van der Waals surface area contributed by atoms with Crippen molar-refractivity contribution < 1.29 is 14.4 Å². The first-order valence-electron chi connectivity index (χ1n) is 10.0. The van der Waals surface area contributed by atoms with Crippen molar-refractivity contribution in [2.45, 2.75) is 38.8 Å². The summed E-state index contributed by atoms with van der Waals surface area (Å²) >= 11 is 6.19. The van der Waals surface area contributed by atoms with Gasteiger partial charge < -0.3 is 10.2 Å². The Morgan fingerprint density at radius 2 is 1.93 bits per heavy atom. The summed E-state index contributed by atoms with van der Waals surface area (Å²) < 4.78 is 0. The molecule has 7 heteroatoms. The lowest BCUT2D eigenvalue weighted by atomic mass is 9.88. The van der Waals surface area contributed by atoms with E-state index in [1.165, 1.54) is 4.90 Å². The molecule has 2 aliphatic rings. The molecule has 2 aliphatic heterocycles. The number of amides is 4. The maximum atomic E-state index is 13.3. The van der Waals surface area contributed by atoms with Crippen molar-refractivity contribution >= 4 is 29.4 Å². The zero-order valence-corrected chi connectivity index (χ0v) is 17.8. The Balaban J connectivity index is 1.56. The molecule has 4 amide bonds. The molecule has 2 aromatic rings. The molecule has 0 radical (unpaired) electrons. The molecule has 1 atom stereocenters. The van der Waals surface area contributed by atoms with E-state index in [9.17, 15) is 14.4 Å². The molecule has 1 N–H and O–H groups in total. The SMILES string of the molecule is Cc1ccc(C)c(CN2C(=O)N[C@]3(CCCN(C(=O)c4ccccc4Cl)C3)C2=O)c1. The monoisotopic (exact) mass is 425 g/mol. The van der Waals surface area contributed by atoms with E-state index >= 15 is 0 Å². The Morgan fingerprint density at radius 3 is 2.70 bits per heavy atom. The van der Waals surface area contributed by atoms with Crippen LogP contribution in [0.25, 0.3) is 0 Å². The molecule has 156 valence electrons. The van der Waals surface area contributed by atoms with Crippen LogP contribution >= 0.6 is 11.6 Å². The molecule has 6 nitrogen and oxygen atoms in total. The third-order valence-corrected chi connectivity index (χ3v) is 6.29. The summed E-state index contributed by atoms with van der Waals surface area (Å²) in [5.41, 5.74) is 2.37. The summed E-state index contributed by atoms with van der Waals surface area (Å²) in [6.07, 6.45) is 1.13. The summed E-state index contributed by atoms with van der Waals surface area (Å²) in [4.78, 5) is 42.0. The van der Waals surface area contributed by atoms with Crippen LogP contribution in [0.2, 0.25) is 5.02 Å². The average molecular weight is 426 g/mol. The van der Waals surface area contributed by atoms with Gasteiger partial charge in [-0.1, -0.05) is 47.5 Å². The number of aryl methyl sites for hydroxylation is 2. The third kappa shape index (κ3) is 3.56. The van der Waals surface area contributed by atoms with Crippen LogP contribution in [0.5, 0.6) is 0 Å². The van der Waals surface area contributed by atoms with Crippen LogP contribution in [0.4, 0.5) is 4.79 Å². The fourth-order valence-electron chi connectivity index (χ4n) is 4.27. The predicted octanol–water partition coefficient (Wildman–Crippen LogP) is 3.68. The average Bonchev–Trinajstić information content (AvgIpc) is 2.94. The van der Waals surface area contributed by atoms with E-state index < -0.39 is 11.6 Å². The Kier molecular flexibility index (Phi) is 5.28. The summed E-state index contributed by atoms with van der Waals surface area (Å²) in [5.74, 6) is -0.500. The number of carbonyl (C=O) groups is 3. The molecular formula is C23H24ClN3O3. The van der Waals surface area contributed by atoms with Crippen LogP contribution in [0.1, 0.15) is 39.9 Å². The number of benzene rings is 2. The van der Waals surface area contributed by atoms with Crippen molar-refractivity contribution in [3.05, 3.63) is 69.7 Å². The molecule has 0 aromatic heterocycles. The predicted molar refractivity (Wildman–Crippen MR) is 114 cm³/mol. The highest BCUT2D eigenvalue weighted by atomic mass is 35.5. The second-order valence-electron chi connectivity index (χ2n) is 8.14. The summed E-state index contributed by atoms with van der Waals surface area (Å²) in [7, 11) is 0. The van der Waals surface area contributed by atoms with Gasteiger partial charge in [-0.2, -0.15) is 0 Å². The number of piperidine rings is 1. The molecule has 4 rings (SSSR count). The molecule has 0 aliphatic carbocycles. The van der Waals surface area contributed by atoms with Gasteiger partial charge in [0.15, 0.2) is 0 Å². The number of nitrogens with zero attached hydrogens (tertiary/aromatic N) is 2. The van der Waals surface area contributed by atoms with Gasteiger partial charge in [0.1, 0.15) is 5.54 Å². The standard InChI is InChI=1S/C23H24ClN3O3/c1-15-8-9-16(2)17(12-15)13-27-21(29)23(25-22(27)30)10-5-11-26(14-23)20(28)18-6-3-4-7-19(18)24/h3-4,6-9,12H,5,10-11,13-14H2,1-2H3,(H,25,30)/t23-/m0/s1. The van der Waals surface area contributed by atoms with Gasteiger partial charge in [-0.25, -0.2) is 4.79 Å². The Labute approximate surface area is 180 Å². The summed E-state index contributed by atoms with van der Waals surface area (Å²) in [5, 5.41) is 3.26. The second kappa shape index (κ2) is 7.76. The van der Waals surface area contributed by atoms with Crippen LogP contribution in [0.15, 0.2) is 42.5 Å². The van der Waals surface area contributed by atoms with E-state index in [1.54, 1.807) is 29.2 Å². The van der Waals surface area contributed by atoms with E-state index in [2.05, 4.69) is 5.32 Å². The van der Waals surface area contributed by atoms with Crippen LogP contribution < -0.4 is 5.32 Å². The van der Waals surface area contributed by atoms with Crippen LogP contribution in [-0.4, -0.2) is 46.3 Å². The van der Waals surface area contributed by atoms with Gasteiger partial charge in [-0.05, 0) is 49.9 Å². The molecule has 0 bridgehead atoms. The van der Waals surface area contributed by atoms with Gasteiger partial charge in [0.2, 0.25) is 0 Å². The third-order valence-electron chi connectivity index (χ3n) is 5.96. The number of nitrogens with one attached hydrogen (secondary N) is 1. The van der Waals surface area contributed by atoms with E-state index in [0.29, 0.717) is 30.0 Å². The van der Waals surface area contributed by atoms with E-state index in [-0.39, 0.29) is 24.9 Å². The minimum Gasteiger partial charge on any atom is -0.336 e. The van der Waals surface area contributed by atoms with Crippen molar-refractivity contribution in [3.63, 3.8) is 0 Å². The van der Waals surface area contributed by atoms with Crippen molar-refractivity contribution in [2.75, 3.05) is 13.1 Å². The smallest absolute Gasteiger partial charge is 0.325 e. The normalized spacial score (nSPS) is 21.3. The molecular weight excluding hydrogens is 402 g/mol. The van der Waals surface area contributed by atoms with Gasteiger partial charge in [-0.15, -0.1) is 0 Å². The number of urea groups is 1. The Morgan fingerprint density at radius 1 is 1.17 bits per heavy atom. The topological polar surface area (TPSA) is 69.7 Å². The van der Waals surface area contributed by atoms with Gasteiger partial charge in [0.25, 0.3) is 11.8 Å². The minimum absolute atomic E-state index is 0.144. The van der Waals surface area contributed by atoms with Gasteiger partial charge in [0, 0.05) is 6.54 Å². The zero-order chi connectivity index (χ0) is 21.5. The highest BCUT2D eigenvalue weighted by molar-refractivity contribution is 6.33. The first-order valence-corrected chi connectivity index (χ1v) is 10.4. The molecule has 2 fully saturated rings. The van der Waals surface area contributed by atoms with E-state index in [4.69, 9.17) is 11.6 Å². The van der Waals surface area contributed by atoms with Gasteiger partial charge >= 0.3 is 6.03 Å². The van der Waals surface area contributed by atoms with Crippen LogP contribution in [0, 0.1) is 13.8 Å². The highest BCUT2D eigenvalue weighted by Crippen LogP contribution is 2.31. The molecule has 0 unspecified atom stereocenters. The fraction of sp³-hybridized carbons (Fsp3) is 0.348. The number of hydrogen-bond donors (Lipinski definition) is 1. The molecule has 2 aromatic carbocycles.